The Bertz CT molecular complexity index is 843. The van der Waals surface area contributed by atoms with Crippen molar-refractivity contribution >= 4 is 23.0 Å². The van der Waals surface area contributed by atoms with Crippen LogP contribution in [0.4, 0.5) is 4.79 Å². The van der Waals surface area contributed by atoms with Gasteiger partial charge in [0.25, 0.3) is 5.91 Å². The zero-order valence-electron chi connectivity index (χ0n) is 14.0. The van der Waals surface area contributed by atoms with E-state index in [0.717, 1.165) is 4.57 Å². The van der Waals surface area contributed by atoms with Crippen molar-refractivity contribution in [2.24, 2.45) is 0 Å². The molecular formula is C17H21N3O4. The lowest BCUT2D eigenvalue weighted by Crippen LogP contribution is -2.46. The lowest BCUT2D eigenvalue weighted by atomic mass is 10.2. The van der Waals surface area contributed by atoms with E-state index in [9.17, 15) is 14.4 Å². The topological polar surface area (TPSA) is 84.4 Å². The SMILES string of the molecule is CC(C)(C)OC(=O)N1CCCC1C(=O)n1c(=O)[nH]c2ccccc21. The van der Waals surface area contributed by atoms with E-state index < -0.39 is 29.3 Å². The first-order valence-corrected chi connectivity index (χ1v) is 8.01. The van der Waals surface area contributed by atoms with Gasteiger partial charge in [0.2, 0.25) is 0 Å². The number of fused-ring (bicyclic) bond motifs is 1. The number of aromatic nitrogens is 2. The van der Waals surface area contributed by atoms with E-state index in [4.69, 9.17) is 4.74 Å². The number of para-hydroxylation sites is 2. The fourth-order valence-electron chi connectivity index (χ4n) is 2.99. The van der Waals surface area contributed by atoms with E-state index in [1.165, 1.54) is 4.90 Å². The molecule has 7 heteroatoms. The number of aromatic amines is 1. The van der Waals surface area contributed by atoms with Gasteiger partial charge in [-0.2, -0.15) is 0 Å². The summed E-state index contributed by atoms with van der Waals surface area (Å²) in [6, 6.07) is 6.31. The number of nitrogens with one attached hydrogen (secondary N) is 1. The molecule has 1 atom stereocenters. The van der Waals surface area contributed by atoms with Gasteiger partial charge in [-0.15, -0.1) is 0 Å². The molecular weight excluding hydrogens is 310 g/mol. The molecule has 1 aliphatic rings. The number of hydrogen-bond acceptors (Lipinski definition) is 4. The van der Waals surface area contributed by atoms with Crippen molar-refractivity contribution in [3.05, 3.63) is 34.7 Å². The first-order valence-electron chi connectivity index (χ1n) is 8.01. The van der Waals surface area contributed by atoms with E-state index >= 15 is 0 Å². The Labute approximate surface area is 139 Å². The van der Waals surface area contributed by atoms with Gasteiger partial charge in [0, 0.05) is 6.54 Å². The summed E-state index contributed by atoms with van der Waals surface area (Å²) in [7, 11) is 0. The van der Waals surface area contributed by atoms with Gasteiger partial charge in [-0.25, -0.2) is 14.2 Å². The van der Waals surface area contributed by atoms with Crippen LogP contribution in [-0.2, 0) is 4.74 Å². The molecule has 0 bridgehead atoms. The molecule has 0 spiro atoms. The van der Waals surface area contributed by atoms with Gasteiger partial charge in [-0.1, -0.05) is 12.1 Å². The molecule has 7 nitrogen and oxygen atoms in total. The number of carbonyl (C=O) groups excluding carboxylic acids is 2. The predicted molar refractivity (Wildman–Crippen MR) is 89.1 cm³/mol. The molecule has 1 amide bonds. The van der Waals surface area contributed by atoms with E-state index in [2.05, 4.69) is 4.98 Å². The van der Waals surface area contributed by atoms with E-state index in [1.54, 1.807) is 45.0 Å². The Morgan fingerprint density at radius 3 is 2.67 bits per heavy atom. The lowest BCUT2D eigenvalue weighted by Gasteiger charge is -2.27. The number of likely N-dealkylation sites (tertiary alicyclic amines) is 1. The number of benzene rings is 1. The molecule has 1 saturated heterocycles. The Balaban J connectivity index is 1.92. The van der Waals surface area contributed by atoms with Crippen molar-refractivity contribution in [3.63, 3.8) is 0 Å². The minimum Gasteiger partial charge on any atom is -0.444 e. The second kappa shape index (κ2) is 5.81. The molecule has 1 unspecified atom stereocenters. The van der Waals surface area contributed by atoms with Crippen molar-refractivity contribution in [1.82, 2.24) is 14.5 Å². The van der Waals surface area contributed by atoms with Crippen LogP contribution in [0.3, 0.4) is 0 Å². The van der Waals surface area contributed by atoms with Crippen molar-refractivity contribution in [2.45, 2.75) is 45.3 Å². The van der Waals surface area contributed by atoms with Gasteiger partial charge in [-0.05, 0) is 45.7 Å². The summed E-state index contributed by atoms with van der Waals surface area (Å²) >= 11 is 0. The summed E-state index contributed by atoms with van der Waals surface area (Å²) in [5.41, 5.74) is -0.0105. The molecule has 24 heavy (non-hydrogen) atoms. The van der Waals surface area contributed by atoms with Crippen LogP contribution < -0.4 is 5.69 Å². The maximum absolute atomic E-state index is 12.9. The minimum absolute atomic E-state index is 0.402. The average molecular weight is 331 g/mol. The summed E-state index contributed by atoms with van der Waals surface area (Å²) in [4.78, 5) is 41.5. The van der Waals surface area contributed by atoms with Crippen LogP contribution in [0, 0.1) is 0 Å². The fraction of sp³-hybridized carbons (Fsp3) is 0.471. The quantitative estimate of drug-likeness (QED) is 0.869. The fourth-order valence-corrected chi connectivity index (χ4v) is 2.99. The molecule has 1 N–H and O–H groups in total. The monoisotopic (exact) mass is 331 g/mol. The number of imidazole rings is 1. The van der Waals surface area contributed by atoms with Crippen LogP contribution in [0.25, 0.3) is 11.0 Å². The van der Waals surface area contributed by atoms with Crippen LogP contribution in [0.5, 0.6) is 0 Å². The third-order valence-electron chi connectivity index (χ3n) is 3.98. The number of hydrogen-bond donors (Lipinski definition) is 1. The number of ether oxygens (including phenoxy) is 1. The summed E-state index contributed by atoms with van der Waals surface area (Å²) in [5.74, 6) is -0.402. The third kappa shape index (κ3) is 2.93. The highest BCUT2D eigenvalue weighted by Gasteiger charge is 2.38. The van der Waals surface area contributed by atoms with E-state index in [1.807, 2.05) is 0 Å². The molecule has 2 heterocycles. The normalized spacial score (nSPS) is 18.1. The van der Waals surface area contributed by atoms with Crippen molar-refractivity contribution < 1.29 is 14.3 Å². The second-order valence-corrected chi connectivity index (χ2v) is 6.95. The summed E-state index contributed by atoms with van der Waals surface area (Å²) < 4.78 is 6.49. The number of carbonyl (C=O) groups is 2. The standard InChI is InChI=1S/C17H21N3O4/c1-17(2,3)24-16(23)19-10-6-9-13(19)14(21)20-12-8-5-4-7-11(12)18-15(20)22/h4-5,7-8,13H,6,9-10H2,1-3H3,(H,18,22). The van der Waals surface area contributed by atoms with E-state index in [0.29, 0.717) is 30.4 Å². The number of amides is 1. The highest BCUT2D eigenvalue weighted by molar-refractivity contribution is 5.94. The van der Waals surface area contributed by atoms with Crippen LogP contribution in [0.2, 0.25) is 0 Å². The molecule has 0 radical (unpaired) electrons. The number of H-pyrrole nitrogens is 1. The van der Waals surface area contributed by atoms with Crippen LogP contribution >= 0.6 is 0 Å². The second-order valence-electron chi connectivity index (χ2n) is 6.95. The summed E-state index contributed by atoms with van der Waals surface area (Å²) in [6.45, 7) is 5.79. The van der Waals surface area contributed by atoms with Gasteiger partial charge in [0.05, 0.1) is 11.0 Å². The first-order chi connectivity index (χ1) is 11.3. The molecule has 0 saturated carbocycles. The predicted octanol–water partition coefficient (Wildman–Crippen LogP) is 2.37. The highest BCUT2D eigenvalue weighted by atomic mass is 16.6. The summed E-state index contributed by atoms with van der Waals surface area (Å²) in [6.07, 6.45) is 0.697. The molecule has 1 aromatic carbocycles. The minimum atomic E-state index is -0.684. The van der Waals surface area contributed by atoms with Crippen LogP contribution in [0.15, 0.2) is 29.1 Å². The molecule has 1 aromatic heterocycles. The Hall–Kier alpha value is -2.57. The van der Waals surface area contributed by atoms with Gasteiger partial charge in [0.15, 0.2) is 0 Å². The molecule has 0 aliphatic carbocycles. The zero-order chi connectivity index (χ0) is 17.5. The summed E-state index contributed by atoms with van der Waals surface area (Å²) in [5, 5.41) is 0. The highest BCUT2D eigenvalue weighted by Crippen LogP contribution is 2.23. The number of rotatable bonds is 1. The maximum Gasteiger partial charge on any atom is 0.410 e. The van der Waals surface area contributed by atoms with Gasteiger partial charge in [0.1, 0.15) is 11.6 Å². The number of nitrogens with zero attached hydrogens (tertiary/aromatic N) is 2. The van der Waals surface area contributed by atoms with Gasteiger partial charge >= 0.3 is 11.8 Å². The molecule has 3 rings (SSSR count). The van der Waals surface area contributed by atoms with E-state index in [-0.39, 0.29) is 0 Å². The molecule has 1 aliphatic heterocycles. The van der Waals surface area contributed by atoms with Gasteiger partial charge in [-0.3, -0.25) is 9.69 Å². The molecule has 1 fully saturated rings. The maximum atomic E-state index is 12.9. The van der Waals surface area contributed by atoms with Crippen molar-refractivity contribution in [2.75, 3.05) is 6.54 Å². The van der Waals surface area contributed by atoms with Gasteiger partial charge < -0.3 is 9.72 Å². The smallest absolute Gasteiger partial charge is 0.410 e. The third-order valence-corrected chi connectivity index (χ3v) is 3.98. The average Bonchev–Trinajstić information content (AvgIpc) is 3.08. The Kier molecular flexibility index (Phi) is 3.95. The first kappa shape index (κ1) is 16.3. The Morgan fingerprint density at radius 2 is 1.96 bits per heavy atom. The van der Waals surface area contributed by atoms with Crippen LogP contribution in [0.1, 0.15) is 38.4 Å². The largest absolute Gasteiger partial charge is 0.444 e. The van der Waals surface area contributed by atoms with Crippen molar-refractivity contribution in [3.8, 4) is 0 Å². The lowest BCUT2D eigenvalue weighted by molar-refractivity contribution is 0.0210. The zero-order valence-corrected chi connectivity index (χ0v) is 14.0. The molecule has 2 aromatic rings. The van der Waals surface area contributed by atoms with Crippen molar-refractivity contribution in [1.29, 1.82) is 0 Å². The molecule has 128 valence electrons. The van der Waals surface area contributed by atoms with Crippen LogP contribution in [-0.4, -0.2) is 44.6 Å². The Morgan fingerprint density at radius 1 is 1.25 bits per heavy atom.